The molecule has 6 heteroatoms. The molecule has 1 aliphatic heterocycles. The van der Waals surface area contributed by atoms with Crippen LogP contribution in [0.4, 0.5) is 4.79 Å². The molecule has 1 aromatic rings. The third-order valence-corrected chi connectivity index (χ3v) is 3.77. The molecule has 21 heavy (non-hydrogen) atoms. The van der Waals surface area contributed by atoms with Crippen molar-refractivity contribution >= 4 is 6.03 Å². The Labute approximate surface area is 124 Å². The number of hydrogen-bond acceptors (Lipinski definition) is 4. The van der Waals surface area contributed by atoms with Crippen molar-refractivity contribution in [2.75, 3.05) is 27.4 Å². The van der Waals surface area contributed by atoms with E-state index in [1.807, 2.05) is 32.3 Å². The van der Waals surface area contributed by atoms with Gasteiger partial charge >= 0.3 is 6.03 Å². The maximum absolute atomic E-state index is 11.8. The summed E-state index contributed by atoms with van der Waals surface area (Å²) in [5.41, 5.74) is 1.09. The van der Waals surface area contributed by atoms with Gasteiger partial charge in [-0.3, -0.25) is 0 Å². The molecule has 0 radical (unpaired) electrons. The highest BCUT2D eigenvalue weighted by atomic mass is 16.7. The van der Waals surface area contributed by atoms with Crippen molar-refractivity contribution in [2.45, 2.75) is 24.9 Å². The van der Waals surface area contributed by atoms with Crippen LogP contribution in [0.15, 0.2) is 18.2 Å². The highest BCUT2D eigenvalue weighted by Gasteiger charge is 2.24. The fourth-order valence-corrected chi connectivity index (χ4v) is 2.37. The summed E-state index contributed by atoms with van der Waals surface area (Å²) in [5, 5.41) is 5.87. The summed E-state index contributed by atoms with van der Waals surface area (Å²) < 4.78 is 10.7. The predicted molar refractivity (Wildman–Crippen MR) is 78.5 cm³/mol. The Kier molecular flexibility index (Phi) is 3.88. The Morgan fingerprint density at radius 1 is 1.33 bits per heavy atom. The maximum Gasteiger partial charge on any atom is 0.315 e. The van der Waals surface area contributed by atoms with Gasteiger partial charge < -0.3 is 25.0 Å². The van der Waals surface area contributed by atoms with Crippen LogP contribution in [0.1, 0.15) is 24.4 Å². The van der Waals surface area contributed by atoms with Crippen molar-refractivity contribution in [2.24, 2.45) is 0 Å². The van der Waals surface area contributed by atoms with E-state index in [4.69, 9.17) is 9.47 Å². The van der Waals surface area contributed by atoms with Crippen LogP contribution in [-0.4, -0.2) is 44.4 Å². The molecule has 0 saturated heterocycles. The number of amides is 2. The predicted octanol–water partition coefficient (Wildman–Crippen LogP) is 1.48. The minimum atomic E-state index is -0.0925. The van der Waals surface area contributed by atoms with E-state index >= 15 is 0 Å². The van der Waals surface area contributed by atoms with Crippen LogP contribution in [0, 0.1) is 0 Å². The first-order valence-electron chi connectivity index (χ1n) is 7.24. The summed E-state index contributed by atoms with van der Waals surface area (Å²) in [4.78, 5) is 13.8. The Balaban J connectivity index is 1.64. The molecule has 1 heterocycles. The minimum Gasteiger partial charge on any atom is -0.454 e. The Hall–Kier alpha value is -1.95. The average Bonchev–Trinajstić information content (AvgIpc) is 3.13. The van der Waals surface area contributed by atoms with Gasteiger partial charge in [-0.25, -0.2) is 4.79 Å². The number of carbonyl (C=O) groups excluding carboxylic acids is 1. The number of hydrogen-bond donors (Lipinski definition) is 2. The van der Waals surface area contributed by atoms with Crippen LogP contribution in [0.5, 0.6) is 11.5 Å². The van der Waals surface area contributed by atoms with Crippen molar-refractivity contribution in [1.29, 1.82) is 0 Å². The Morgan fingerprint density at radius 2 is 2.10 bits per heavy atom. The SMILES string of the molecule is CN(C)[C@H](CNC(=O)NC1CC1)c1ccc2c(c1)OCO2. The van der Waals surface area contributed by atoms with Gasteiger partial charge in [0.15, 0.2) is 11.5 Å². The third-order valence-electron chi connectivity index (χ3n) is 3.77. The minimum absolute atomic E-state index is 0.0875. The number of ether oxygens (including phenoxy) is 2. The summed E-state index contributed by atoms with van der Waals surface area (Å²) in [7, 11) is 3.99. The van der Waals surface area contributed by atoms with Crippen molar-refractivity contribution < 1.29 is 14.3 Å². The van der Waals surface area contributed by atoms with Crippen LogP contribution in [0.25, 0.3) is 0 Å². The van der Waals surface area contributed by atoms with Crippen LogP contribution in [-0.2, 0) is 0 Å². The smallest absolute Gasteiger partial charge is 0.315 e. The van der Waals surface area contributed by atoms with Gasteiger partial charge in [-0.1, -0.05) is 6.07 Å². The van der Waals surface area contributed by atoms with Gasteiger partial charge in [0, 0.05) is 12.6 Å². The molecule has 2 N–H and O–H groups in total. The van der Waals surface area contributed by atoms with E-state index in [2.05, 4.69) is 15.5 Å². The number of urea groups is 1. The van der Waals surface area contributed by atoms with E-state index in [-0.39, 0.29) is 18.9 Å². The standard InChI is InChI=1S/C15H21N3O3/c1-18(2)12(8-16-15(19)17-11-4-5-11)10-3-6-13-14(7-10)21-9-20-13/h3,6-7,11-12H,4-5,8-9H2,1-2H3,(H2,16,17,19)/t12-/m1/s1. The molecule has 1 saturated carbocycles. The lowest BCUT2D eigenvalue weighted by molar-refractivity contribution is 0.174. The quantitative estimate of drug-likeness (QED) is 0.862. The normalized spacial score (nSPS) is 17.7. The molecule has 1 aliphatic carbocycles. The number of nitrogens with one attached hydrogen (secondary N) is 2. The van der Waals surface area contributed by atoms with E-state index in [1.54, 1.807) is 0 Å². The molecule has 114 valence electrons. The van der Waals surface area contributed by atoms with Crippen molar-refractivity contribution in [1.82, 2.24) is 15.5 Å². The van der Waals surface area contributed by atoms with Crippen molar-refractivity contribution in [3.63, 3.8) is 0 Å². The van der Waals surface area contributed by atoms with Crippen LogP contribution >= 0.6 is 0 Å². The molecule has 1 atom stereocenters. The Bertz CT molecular complexity index is 529. The second-order valence-corrected chi connectivity index (χ2v) is 5.72. The fraction of sp³-hybridized carbons (Fsp3) is 0.533. The molecule has 1 aromatic carbocycles. The van der Waals surface area contributed by atoms with Crippen LogP contribution in [0.2, 0.25) is 0 Å². The van der Waals surface area contributed by atoms with Gasteiger partial charge in [0.05, 0.1) is 6.04 Å². The first-order chi connectivity index (χ1) is 10.1. The van der Waals surface area contributed by atoms with Crippen LogP contribution < -0.4 is 20.1 Å². The largest absolute Gasteiger partial charge is 0.454 e. The van der Waals surface area contributed by atoms with Crippen molar-refractivity contribution in [3.8, 4) is 11.5 Å². The molecule has 0 aromatic heterocycles. The van der Waals surface area contributed by atoms with Crippen LogP contribution in [0.3, 0.4) is 0 Å². The van der Waals surface area contributed by atoms with Gasteiger partial charge in [0.2, 0.25) is 6.79 Å². The molecule has 6 nitrogen and oxygen atoms in total. The Morgan fingerprint density at radius 3 is 2.81 bits per heavy atom. The number of fused-ring (bicyclic) bond motifs is 1. The van der Waals surface area contributed by atoms with Gasteiger partial charge in [-0.15, -0.1) is 0 Å². The fourth-order valence-electron chi connectivity index (χ4n) is 2.37. The second kappa shape index (κ2) is 5.81. The molecule has 2 aliphatic rings. The summed E-state index contributed by atoms with van der Waals surface area (Å²) in [6.45, 7) is 0.818. The molecule has 0 spiro atoms. The lowest BCUT2D eigenvalue weighted by Crippen LogP contribution is -2.41. The molecular weight excluding hydrogens is 270 g/mol. The van der Waals surface area contributed by atoms with Crippen molar-refractivity contribution in [3.05, 3.63) is 23.8 Å². The van der Waals surface area contributed by atoms with E-state index in [0.717, 1.165) is 29.9 Å². The zero-order valence-corrected chi connectivity index (χ0v) is 12.4. The lowest BCUT2D eigenvalue weighted by Gasteiger charge is -2.25. The average molecular weight is 291 g/mol. The molecule has 0 bridgehead atoms. The molecule has 1 fully saturated rings. The highest BCUT2D eigenvalue weighted by molar-refractivity contribution is 5.74. The maximum atomic E-state index is 11.8. The third kappa shape index (κ3) is 3.39. The van der Waals surface area contributed by atoms with Gasteiger partial charge in [-0.2, -0.15) is 0 Å². The monoisotopic (exact) mass is 291 g/mol. The number of carbonyl (C=O) groups is 1. The van der Waals surface area contributed by atoms with E-state index in [0.29, 0.717) is 12.6 Å². The highest BCUT2D eigenvalue weighted by Crippen LogP contribution is 2.34. The number of likely N-dealkylation sites (N-methyl/N-ethyl adjacent to an activating group) is 1. The number of nitrogens with zero attached hydrogens (tertiary/aromatic N) is 1. The molecule has 0 unspecified atom stereocenters. The summed E-state index contributed by atoms with van der Waals surface area (Å²) in [5.74, 6) is 1.54. The first kappa shape index (κ1) is 14.0. The lowest BCUT2D eigenvalue weighted by atomic mass is 10.1. The summed E-state index contributed by atoms with van der Waals surface area (Å²) in [6, 6.07) is 6.27. The van der Waals surface area contributed by atoms with E-state index in [1.165, 1.54) is 0 Å². The van der Waals surface area contributed by atoms with E-state index in [9.17, 15) is 4.79 Å². The molecule has 3 rings (SSSR count). The summed E-state index contributed by atoms with van der Waals surface area (Å²) >= 11 is 0. The second-order valence-electron chi connectivity index (χ2n) is 5.72. The zero-order valence-electron chi connectivity index (χ0n) is 12.4. The first-order valence-corrected chi connectivity index (χ1v) is 7.24. The number of rotatable bonds is 5. The number of benzene rings is 1. The van der Waals surface area contributed by atoms with E-state index < -0.39 is 0 Å². The summed E-state index contributed by atoms with van der Waals surface area (Å²) in [6.07, 6.45) is 2.18. The topological polar surface area (TPSA) is 62.8 Å². The molecule has 2 amide bonds. The zero-order chi connectivity index (χ0) is 14.8. The van der Waals surface area contributed by atoms with Gasteiger partial charge in [-0.05, 0) is 44.6 Å². The van der Waals surface area contributed by atoms with Gasteiger partial charge in [0.1, 0.15) is 0 Å². The molecular formula is C15H21N3O3. The van der Waals surface area contributed by atoms with Gasteiger partial charge in [0.25, 0.3) is 0 Å².